The molecule has 8 heteroatoms. The number of hydrogen-bond acceptors (Lipinski definition) is 4. The van der Waals surface area contributed by atoms with Crippen LogP contribution in [0.3, 0.4) is 0 Å². The summed E-state index contributed by atoms with van der Waals surface area (Å²) in [5.41, 5.74) is 1.93. The highest BCUT2D eigenvalue weighted by molar-refractivity contribution is 14.0. The number of aliphatic hydroxyl groups is 1. The molecule has 0 bridgehead atoms. The van der Waals surface area contributed by atoms with E-state index in [-0.39, 0.29) is 43.0 Å². The van der Waals surface area contributed by atoms with Gasteiger partial charge >= 0.3 is 0 Å². The molecule has 28 heavy (non-hydrogen) atoms. The Morgan fingerprint density at radius 3 is 2.43 bits per heavy atom. The van der Waals surface area contributed by atoms with E-state index in [2.05, 4.69) is 15.6 Å². The van der Waals surface area contributed by atoms with Gasteiger partial charge in [-0.3, -0.25) is 0 Å². The minimum Gasteiger partial charge on any atom is -0.493 e. The van der Waals surface area contributed by atoms with E-state index in [0.717, 1.165) is 17.7 Å². The lowest BCUT2D eigenvalue weighted by molar-refractivity contribution is 0.196. The SMILES string of the molecule is CCNC(=NCc1ccc(OCCO)c(OC)c1)NCc1ccc(F)cc1.I. The van der Waals surface area contributed by atoms with Crippen molar-refractivity contribution in [2.75, 3.05) is 26.9 Å². The van der Waals surface area contributed by atoms with Gasteiger partial charge in [0.25, 0.3) is 0 Å². The van der Waals surface area contributed by atoms with Gasteiger partial charge in [0.15, 0.2) is 17.5 Å². The average molecular weight is 503 g/mol. The standard InChI is InChI=1S/C20H26FN3O3.HI/c1-3-22-20(23-13-15-4-7-17(21)8-5-15)24-14-16-6-9-18(27-11-10-25)19(12-16)26-2;/h4-9,12,25H,3,10-11,13-14H2,1-2H3,(H2,22,23,24);1H. The van der Waals surface area contributed by atoms with Crippen molar-refractivity contribution in [2.24, 2.45) is 4.99 Å². The second-order valence-electron chi connectivity index (χ2n) is 5.73. The lowest BCUT2D eigenvalue weighted by Gasteiger charge is -2.13. The summed E-state index contributed by atoms with van der Waals surface area (Å²) in [6, 6.07) is 11.9. The zero-order valence-electron chi connectivity index (χ0n) is 16.1. The third kappa shape index (κ3) is 7.89. The molecule has 0 atom stereocenters. The van der Waals surface area contributed by atoms with Gasteiger partial charge in [0.1, 0.15) is 12.4 Å². The van der Waals surface area contributed by atoms with E-state index in [1.54, 1.807) is 25.3 Å². The Morgan fingerprint density at radius 1 is 1.07 bits per heavy atom. The van der Waals surface area contributed by atoms with Crippen LogP contribution in [0.15, 0.2) is 47.5 Å². The summed E-state index contributed by atoms with van der Waals surface area (Å²) in [6.45, 7) is 3.88. The number of hydrogen-bond donors (Lipinski definition) is 3. The molecule has 0 aromatic heterocycles. The third-order valence-electron chi connectivity index (χ3n) is 3.71. The van der Waals surface area contributed by atoms with E-state index in [4.69, 9.17) is 14.6 Å². The summed E-state index contributed by atoms with van der Waals surface area (Å²) in [4.78, 5) is 4.57. The highest BCUT2D eigenvalue weighted by Crippen LogP contribution is 2.28. The molecule has 0 heterocycles. The Bertz CT molecular complexity index is 742. The summed E-state index contributed by atoms with van der Waals surface area (Å²) >= 11 is 0. The maximum atomic E-state index is 13.0. The number of benzene rings is 2. The predicted molar refractivity (Wildman–Crippen MR) is 119 cm³/mol. The molecule has 0 saturated heterocycles. The maximum Gasteiger partial charge on any atom is 0.191 e. The van der Waals surface area contributed by atoms with Crippen LogP contribution in [0, 0.1) is 5.82 Å². The summed E-state index contributed by atoms with van der Waals surface area (Å²) in [5, 5.41) is 15.3. The molecule has 0 radical (unpaired) electrons. The maximum absolute atomic E-state index is 13.0. The molecular weight excluding hydrogens is 476 g/mol. The predicted octanol–water partition coefficient (Wildman–Crippen LogP) is 3.08. The fraction of sp³-hybridized carbons (Fsp3) is 0.350. The van der Waals surface area contributed by atoms with Crippen LogP contribution in [0.5, 0.6) is 11.5 Å². The van der Waals surface area contributed by atoms with Gasteiger partial charge in [0.05, 0.1) is 20.3 Å². The normalized spacial score (nSPS) is 10.8. The number of guanidine groups is 1. The largest absolute Gasteiger partial charge is 0.493 e. The number of methoxy groups -OCH3 is 1. The van der Waals surface area contributed by atoms with Crippen LogP contribution in [0.1, 0.15) is 18.1 Å². The second-order valence-corrected chi connectivity index (χ2v) is 5.73. The monoisotopic (exact) mass is 503 g/mol. The molecule has 2 rings (SSSR count). The Morgan fingerprint density at radius 2 is 1.79 bits per heavy atom. The molecule has 0 aliphatic rings. The van der Waals surface area contributed by atoms with Crippen molar-refractivity contribution in [1.82, 2.24) is 10.6 Å². The second kappa shape index (κ2) is 13.2. The summed E-state index contributed by atoms with van der Waals surface area (Å²) in [5.74, 6) is 1.60. The fourth-order valence-corrected chi connectivity index (χ4v) is 2.39. The number of halogens is 2. The van der Waals surface area contributed by atoms with Gasteiger partial charge in [-0.05, 0) is 42.3 Å². The van der Waals surface area contributed by atoms with Gasteiger partial charge in [0.2, 0.25) is 0 Å². The molecule has 6 nitrogen and oxygen atoms in total. The van der Waals surface area contributed by atoms with Crippen molar-refractivity contribution in [3.8, 4) is 11.5 Å². The Kier molecular flexibility index (Phi) is 11.3. The van der Waals surface area contributed by atoms with Gasteiger partial charge in [-0.25, -0.2) is 9.38 Å². The van der Waals surface area contributed by atoms with Gasteiger partial charge in [-0.1, -0.05) is 18.2 Å². The van der Waals surface area contributed by atoms with Gasteiger partial charge in [-0.2, -0.15) is 0 Å². The zero-order valence-corrected chi connectivity index (χ0v) is 18.4. The molecule has 2 aromatic rings. The van der Waals surface area contributed by atoms with E-state index in [9.17, 15) is 4.39 Å². The summed E-state index contributed by atoms with van der Waals surface area (Å²) < 4.78 is 23.8. The van der Waals surface area contributed by atoms with E-state index in [1.165, 1.54) is 12.1 Å². The van der Waals surface area contributed by atoms with E-state index >= 15 is 0 Å². The molecule has 0 aliphatic heterocycles. The first-order valence-corrected chi connectivity index (χ1v) is 8.83. The van der Waals surface area contributed by atoms with Crippen LogP contribution in [0.25, 0.3) is 0 Å². The number of aliphatic imine (C=N–C) groups is 1. The van der Waals surface area contributed by atoms with Crippen molar-refractivity contribution in [3.63, 3.8) is 0 Å². The van der Waals surface area contributed by atoms with Crippen molar-refractivity contribution in [3.05, 3.63) is 59.4 Å². The highest BCUT2D eigenvalue weighted by Gasteiger charge is 2.06. The van der Waals surface area contributed by atoms with Crippen LogP contribution in [0.2, 0.25) is 0 Å². The first kappa shape index (κ1) is 24.0. The lowest BCUT2D eigenvalue weighted by atomic mass is 10.2. The summed E-state index contributed by atoms with van der Waals surface area (Å²) in [6.07, 6.45) is 0. The average Bonchev–Trinajstić information content (AvgIpc) is 2.70. The quantitative estimate of drug-likeness (QED) is 0.279. The minimum absolute atomic E-state index is 0. The number of nitrogens with zero attached hydrogens (tertiary/aromatic N) is 1. The molecule has 2 aromatic carbocycles. The topological polar surface area (TPSA) is 75.1 Å². The van der Waals surface area contributed by atoms with Crippen LogP contribution < -0.4 is 20.1 Å². The molecule has 0 fully saturated rings. The molecule has 0 spiro atoms. The minimum atomic E-state index is -0.250. The van der Waals surface area contributed by atoms with Crippen LogP contribution in [-0.4, -0.2) is 37.9 Å². The van der Waals surface area contributed by atoms with E-state index in [0.29, 0.717) is 30.5 Å². The van der Waals surface area contributed by atoms with Crippen LogP contribution in [-0.2, 0) is 13.1 Å². The van der Waals surface area contributed by atoms with Crippen molar-refractivity contribution < 1.29 is 19.0 Å². The van der Waals surface area contributed by atoms with Crippen LogP contribution >= 0.6 is 24.0 Å². The number of aliphatic hydroxyl groups excluding tert-OH is 1. The molecule has 154 valence electrons. The van der Waals surface area contributed by atoms with Gasteiger partial charge in [-0.15, -0.1) is 24.0 Å². The fourth-order valence-electron chi connectivity index (χ4n) is 2.39. The Balaban J connectivity index is 0.00000392. The number of nitrogens with one attached hydrogen (secondary N) is 2. The smallest absolute Gasteiger partial charge is 0.191 e. The van der Waals surface area contributed by atoms with E-state index < -0.39 is 0 Å². The number of rotatable bonds is 9. The van der Waals surface area contributed by atoms with Gasteiger partial charge in [0, 0.05) is 13.1 Å². The number of ether oxygens (including phenoxy) is 2. The van der Waals surface area contributed by atoms with E-state index in [1.807, 2.05) is 19.1 Å². The third-order valence-corrected chi connectivity index (χ3v) is 3.71. The molecule has 0 amide bonds. The molecule has 0 saturated carbocycles. The lowest BCUT2D eigenvalue weighted by Crippen LogP contribution is -2.36. The van der Waals surface area contributed by atoms with Crippen LogP contribution in [0.4, 0.5) is 4.39 Å². The van der Waals surface area contributed by atoms with Crippen molar-refractivity contribution in [1.29, 1.82) is 0 Å². The first-order valence-electron chi connectivity index (χ1n) is 8.83. The summed E-state index contributed by atoms with van der Waals surface area (Å²) in [7, 11) is 1.57. The Labute approximate surface area is 182 Å². The van der Waals surface area contributed by atoms with Crippen molar-refractivity contribution in [2.45, 2.75) is 20.0 Å². The van der Waals surface area contributed by atoms with Gasteiger partial charge < -0.3 is 25.2 Å². The molecule has 0 aliphatic carbocycles. The molecule has 3 N–H and O–H groups in total. The molecular formula is C20H27FIN3O3. The highest BCUT2D eigenvalue weighted by atomic mass is 127. The zero-order chi connectivity index (χ0) is 19.5. The Hall–Kier alpha value is -2.07. The first-order chi connectivity index (χ1) is 13.2. The van der Waals surface area contributed by atoms with Crippen molar-refractivity contribution >= 4 is 29.9 Å². The molecule has 0 unspecified atom stereocenters.